The lowest BCUT2D eigenvalue weighted by atomic mass is 9.87. The molecule has 1 atom stereocenters. The number of nitrogens with one attached hydrogen (secondary N) is 1. The van der Waals surface area contributed by atoms with Crippen molar-refractivity contribution in [1.29, 1.82) is 0 Å². The molecule has 1 unspecified atom stereocenters. The molecule has 1 aliphatic rings. The molecule has 1 rings (SSSR count). The molecular weight excluding hydrogens is 191 g/mol. The van der Waals surface area contributed by atoms with Crippen molar-refractivity contribution in [2.75, 3.05) is 0 Å². The predicted molar refractivity (Wildman–Crippen MR) is 50.1 cm³/mol. The molecule has 0 saturated heterocycles. The molecule has 1 aliphatic carbocycles. The molecule has 0 aromatic carbocycles. The van der Waals surface area contributed by atoms with Crippen LogP contribution in [0.1, 0.15) is 39.5 Å². The third kappa shape index (κ3) is 3.48. The minimum atomic E-state index is -4.11. The minimum absolute atomic E-state index is 0.0582. The second-order valence-electron chi connectivity index (χ2n) is 4.39. The van der Waals surface area contributed by atoms with E-state index in [1.807, 2.05) is 0 Å². The number of alkyl halides is 3. The summed E-state index contributed by atoms with van der Waals surface area (Å²) >= 11 is 0. The van der Waals surface area contributed by atoms with Gasteiger partial charge in [-0.1, -0.05) is 6.92 Å². The molecule has 0 aromatic heterocycles. The van der Waals surface area contributed by atoms with Crippen molar-refractivity contribution in [2.24, 2.45) is 5.92 Å². The first-order valence-corrected chi connectivity index (χ1v) is 5.22. The molecular formula is C10H18F3N. The van der Waals surface area contributed by atoms with Crippen LogP contribution in [0.3, 0.4) is 0 Å². The van der Waals surface area contributed by atoms with Gasteiger partial charge in [-0.2, -0.15) is 13.2 Å². The topological polar surface area (TPSA) is 12.0 Å². The highest BCUT2D eigenvalue weighted by Crippen LogP contribution is 2.26. The van der Waals surface area contributed by atoms with Crippen LogP contribution in [0.4, 0.5) is 13.2 Å². The van der Waals surface area contributed by atoms with Gasteiger partial charge in [-0.3, -0.25) is 0 Å². The van der Waals surface area contributed by atoms with E-state index in [-0.39, 0.29) is 6.04 Å². The van der Waals surface area contributed by atoms with Crippen LogP contribution in [-0.4, -0.2) is 18.3 Å². The van der Waals surface area contributed by atoms with Crippen LogP contribution in [-0.2, 0) is 0 Å². The first-order valence-electron chi connectivity index (χ1n) is 5.22. The highest BCUT2D eigenvalue weighted by atomic mass is 19.4. The maximum Gasteiger partial charge on any atom is 0.403 e. The Balaban J connectivity index is 2.31. The molecule has 0 spiro atoms. The van der Waals surface area contributed by atoms with Crippen LogP contribution in [0, 0.1) is 5.92 Å². The number of rotatable bonds is 2. The first-order chi connectivity index (χ1) is 6.39. The van der Waals surface area contributed by atoms with Gasteiger partial charge >= 0.3 is 6.18 Å². The maximum atomic E-state index is 12.2. The van der Waals surface area contributed by atoms with Gasteiger partial charge in [-0.15, -0.1) is 0 Å². The summed E-state index contributed by atoms with van der Waals surface area (Å²) in [4.78, 5) is 0. The molecule has 1 fully saturated rings. The van der Waals surface area contributed by atoms with E-state index in [9.17, 15) is 13.2 Å². The zero-order valence-electron chi connectivity index (χ0n) is 8.69. The van der Waals surface area contributed by atoms with Crippen molar-refractivity contribution in [3.8, 4) is 0 Å². The van der Waals surface area contributed by atoms with E-state index in [4.69, 9.17) is 0 Å². The largest absolute Gasteiger partial charge is 0.403 e. The Labute approximate surface area is 83.1 Å². The van der Waals surface area contributed by atoms with Crippen molar-refractivity contribution in [3.63, 3.8) is 0 Å². The fourth-order valence-electron chi connectivity index (χ4n) is 1.87. The predicted octanol–water partition coefficient (Wildman–Crippen LogP) is 3.11. The summed E-state index contributed by atoms with van der Waals surface area (Å²) in [6.07, 6.45) is -0.267. The fraction of sp³-hybridized carbons (Fsp3) is 1.00. The van der Waals surface area contributed by atoms with Gasteiger partial charge in [0.2, 0.25) is 0 Å². The molecule has 14 heavy (non-hydrogen) atoms. The number of halogens is 3. The molecule has 0 aliphatic heterocycles. The number of hydrogen-bond donors (Lipinski definition) is 1. The molecule has 84 valence electrons. The zero-order valence-corrected chi connectivity index (χ0v) is 8.69. The molecule has 1 N–H and O–H groups in total. The molecule has 0 radical (unpaired) electrons. The third-order valence-electron chi connectivity index (χ3n) is 2.99. The van der Waals surface area contributed by atoms with Gasteiger partial charge in [0.15, 0.2) is 0 Å². The average molecular weight is 209 g/mol. The highest BCUT2D eigenvalue weighted by molar-refractivity contribution is 4.80. The van der Waals surface area contributed by atoms with Gasteiger partial charge in [0.25, 0.3) is 0 Å². The first kappa shape index (κ1) is 11.8. The van der Waals surface area contributed by atoms with E-state index in [1.54, 1.807) is 0 Å². The van der Waals surface area contributed by atoms with Crippen LogP contribution >= 0.6 is 0 Å². The van der Waals surface area contributed by atoms with Gasteiger partial charge in [0, 0.05) is 6.04 Å². The molecule has 4 heteroatoms. The van der Waals surface area contributed by atoms with E-state index in [1.165, 1.54) is 6.92 Å². The van der Waals surface area contributed by atoms with Gasteiger partial charge < -0.3 is 5.32 Å². The summed E-state index contributed by atoms with van der Waals surface area (Å²) in [6.45, 7) is 3.35. The van der Waals surface area contributed by atoms with Crippen LogP contribution in [0.15, 0.2) is 0 Å². The summed E-state index contributed by atoms with van der Waals surface area (Å²) in [7, 11) is 0. The van der Waals surface area contributed by atoms with Crippen molar-refractivity contribution >= 4 is 0 Å². The summed E-state index contributed by atoms with van der Waals surface area (Å²) in [5.41, 5.74) is 0. The quantitative estimate of drug-likeness (QED) is 0.736. The Kier molecular flexibility index (Phi) is 3.81. The van der Waals surface area contributed by atoms with Gasteiger partial charge in [-0.25, -0.2) is 0 Å². The summed E-state index contributed by atoms with van der Waals surface area (Å²) in [5, 5.41) is 2.65. The summed E-state index contributed by atoms with van der Waals surface area (Å²) in [5.74, 6) is 0.675. The second kappa shape index (κ2) is 4.51. The molecule has 0 amide bonds. The molecule has 1 saturated carbocycles. The van der Waals surface area contributed by atoms with Crippen molar-refractivity contribution in [3.05, 3.63) is 0 Å². The molecule has 0 aromatic rings. The Morgan fingerprint density at radius 2 is 1.64 bits per heavy atom. The fourth-order valence-corrected chi connectivity index (χ4v) is 1.87. The normalized spacial score (nSPS) is 31.5. The average Bonchev–Trinajstić information content (AvgIpc) is 2.07. The van der Waals surface area contributed by atoms with E-state index in [0.717, 1.165) is 25.7 Å². The standard InChI is InChI=1S/C10H18F3N/c1-7-3-5-9(6-4-7)14-8(2)10(11,12)13/h7-9,14H,3-6H2,1-2H3/t7-,8?,9-. The van der Waals surface area contributed by atoms with E-state index in [2.05, 4.69) is 12.2 Å². The lowest BCUT2D eigenvalue weighted by Crippen LogP contribution is -2.46. The second-order valence-corrected chi connectivity index (χ2v) is 4.39. The Morgan fingerprint density at radius 1 is 1.14 bits per heavy atom. The summed E-state index contributed by atoms with van der Waals surface area (Å²) in [6, 6.07) is -1.32. The van der Waals surface area contributed by atoms with Gasteiger partial charge in [0.1, 0.15) is 6.04 Å². The Morgan fingerprint density at radius 3 is 2.07 bits per heavy atom. The van der Waals surface area contributed by atoms with E-state index in [0.29, 0.717) is 5.92 Å². The Hall–Kier alpha value is -0.250. The van der Waals surface area contributed by atoms with Crippen molar-refractivity contribution in [2.45, 2.75) is 57.8 Å². The van der Waals surface area contributed by atoms with E-state index < -0.39 is 12.2 Å². The lowest BCUT2D eigenvalue weighted by molar-refractivity contribution is -0.153. The number of hydrogen-bond acceptors (Lipinski definition) is 1. The summed E-state index contributed by atoms with van der Waals surface area (Å²) < 4.78 is 36.7. The SMILES string of the molecule is CC(N[C@H]1CC[C@H](C)CC1)C(F)(F)F. The van der Waals surface area contributed by atoms with Crippen LogP contribution in [0.5, 0.6) is 0 Å². The minimum Gasteiger partial charge on any atom is -0.304 e. The molecule has 0 heterocycles. The van der Waals surface area contributed by atoms with Gasteiger partial charge in [-0.05, 0) is 38.5 Å². The smallest absolute Gasteiger partial charge is 0.304 e. The molecule has 1 nitrogen and oxygen atoms in total. The van der Waals surface area contributed by atoms with Crippen molar-refractivity contribution < 1.29 is 13.2 Å². The highest BCUT2D eigenvalue weighted by Gasteiger charge is 2.37. The monoisotopic (exact) mass is 209 g/mol. The van der Waals surface area contributed by atoms with E-state index >= 15 is 0 Å². The van der Waals surface area contributed by atoms with Crippen molar-refractivity contribution in [1.82, 2.24) is 5.32 Å². The maximum absolute atomic E-state index is 12.2. The van der Waals surface area contributed by atoms with Crippen LogP contribution in [0.25, 0.3) is 0 Å². The lowest BCUT2D eigenvalue weighted by Gasteiger charge is -2.30. The molecule has 0 bridgehead atoms. The Bertz CT molecular complexity index is 171. The van der Waals surface area contributed by atoms with Crippen LogP contribution < -0.4 is 5.32 Å². The third-order valence-corrected chi connectivity index (χ3v) is 2.99. The zero-order chi connectivity index (χ0) is 10.8. The van der Waals surface area contributed by atoms with Crippen LogP contribution in [0.2, 0.25) is 0 Å². The van der Waals surface area contributed by atoms with Gasteiger partial charge in [0.05, 0.1) is 0 Å².